The van der Waals surface area contributed by atoms with Crippen LogP contribution in [0.25, 0.3) is 0 Å². The first-order valence-electron chi connectivity index (χ1n) is 6.53. The summed E-state index contributed by atoms with van der Waals surface area (Å²) in [6.45, 7) is 2.36. The van der Waals surface area contributed by atoms with Crippen LogP contribution in [-0.4, -0.2) is 47.0 Å². The minimum atomic E-state index is -0.843. The third-order valence-corrected chi connectivity index (χ3v) is 3.70. The number of hydrogen-bond acceptors (Lipinski definition) is 5. The maximum atomic E-state index is 11.6. The molecule has 0 spiro atoms. The predicted molar refractivity (Wildman–Crippen MR) is 77.7 cm³/mol. The van der Waals surface area contributed by atoms with Crippen molar-refractivity contribution in [2.45, 2.75) is 38.8 Å². The van der Waals surface area contributed by atoms with Gasteiger partial charge in [0.1, 0.15) is 11.0 Å². The van der Waals surface area contributed by atoms with Gasteiger partial charge in [-0.1, -0.05) is 13.3 Å². The summed E-state index contributed by atoms with van der Waals surface area (Å²) in [5.41, 5.74) is 0.777. The Bertz CT molecular complexity index is 459. The fraction of sp³-hybridized carbons (Fsp3) is 0.615. The summed E-state index contributed by atoms with van der Waals surface area (Å²) in [5.74, 6) is -0.835. The van der Waals surface area contributed by atoms with Gasteiger partial charge in [-0.15, -0.1) is 11.3 Å². The largest absolute Gasteiger partial charge is 0.480 e. The summed E-state index contributed by atoms with van der Waals surface area (Å²) in [6, 6.07) is -0.548. The molecule has 2 N–H and O–H groups in total. The molecule has 0 bridgehead atoms. The maximum absolute atomic E-state index is 11.6. The van der Waals surface area contributed by atoms with Gasteiger partial charge in [0.2, 0.25) is 5.91 Å². The van der Waals surface area contributed by atoms with E-state index in [1.165, 1.54) is 16.2 Å². The first-order valence-corrected chi connectivity index (χ1v) is 7.41. The van der Waals surface area contributed by atoms with E-state index in [4.69, 9.17) is 5.11 Å². The Balaban J connectivity index is 2.51. The molecule has 0 saturated heterocycles. The quantitative estimate of drug-likeness (QED) is 0.751. The van der Waals surface area contributed by atoms with Gasteiger partial charge in [0.15, 0.2) is 0 Å². The van der Waals surface area contributed by atoms with Gasteiger partial charge in [-0.3, -0.25) is 14.9 Å². The monoisotopic (exact) mass is 299 g/mol. The van der Waals surface area contributed by atoms with E-state index in [2.05, 4.69) is 10.3 Å². The van der Waals surface area contributed by atoms with Crippen molar-refractivity contribution < 1.29 is 14.7 Å². The molecule has 1 heterocycles. The lowest BCUT2D eigenvalue weighted by Gasteiger charge is -2.12. The highest BCUT2D eigenvalue weighted by atomic mass is 32.1. The van der Waals surface area contributed by atoms with Gasteiger partial charge < -0.3 is 10.0 Å². The number of likely N-dealkylation sites (N-methyl/N-ethyl adjacent to an activating group) is 1. The van der Waals surface area contributed by atoms with E-state index in [-0.39, 0.29) is 12.3 Å². The zero-order valence-corrected chi connectivity index (χ0v) is 12.9. The van der Waals surface area contributed by atoms with Gasteiger partial charge in [0.25, 0.3) is 0 Å². The van der Waals surface area contributed by atoms with Crippen LogP contribution in [0, 0.1) is 0 Å². The first-order chi connectivity index (χ1) is 9.43. The average Bonchev–Trinajstić information content (AvgIpc) is 2.81. The maximum Gasteiger partial charge on any atom is 0.320 e. The highest BCUT2D eigenvalue weighted by Gasteiger charge is 2.16. The molecule has 0 saturated carbocycles. The first kappa shape index (κ1) is 16.6. The van der Waals surface area contributed by atoms with Crippen LogP contribution in [0.3, 0.4) is 0 Å². The number of rotatable bonds is 8. The van der Waals surface area contributed by atoms with Crippen molar-refractivity contribution in [2.75, 3.05) is 14.1 Å². The number of carbonyl (C=O) groups is 2. The van der Waals surface area contributed by atoms with Crippen LogP contribution in [-0.2, 0) is 22.6 Å². The topological polar surface area (TPSA) is 82.5 Å². The molecule has 0 aliphatic heterocycles. The van der Waals surface area contributed by atoms with Crippen molar-refractivity contribution in [3.63, 3.8) is 0 Å². The van der Waals surface area contributed by atoms with Gasteiger partial charge in [0.05, 0.1) is 12.1 Å². The molecule has 0 aromatic carbocycles. The third kappa shape index (κ3) is 5.26. The second kappa shape index (κ2) is 7.96. The number of aromatic nitrogens is 1. The second-order valence-electron chi connectivity index (χ2n) is 4.76. The Labute approximate surface area is 122 Å². The summed E-state index contributed by atoms with van der Waals surface area (Å²) in [4.78, 5) is 28.4. The molecule has 0 aliphatic rings. The summed E-state index contributed by atoms with van der Waals surface area (Å²) >= 11 is 1.42. The van der Waals surface area contributed by atoms with Crippen LogP contribution in [0.4, 0.5) is 0 Å². The summed E-state index contributed by atoms with van der Waals surface area (Å²) in [7, 11) is 3.42. The van der Waals surface area contributed by atoms with E-state index in [1.54, 1.807) is 14.1 Å². The van der Waals surface area contributed by atoms with Gasteiger partial charge in [-0.05, 0) is 6.42 Å². The van der Waals surface area contributed by atoms with Crippen molar-refractivity contribution >= 4 is 23.2 Å². The Kier molecular flexibility index (Phi) is 6.60. The van der Waals surface area contributed by atoms with Gasteiger partial charge >= 0.3 is 5.97 Å². The second-order valence-corrected chi connectivity index (χ2v) is 5.70. The Morgan fingerprint density at radius 1 is 1.50 bits per heavy atom. The van der Waals surface area contributed by atoms with Crippen LogP contribution < -0.4 is 5.32 Å². The van der Waals surface area contributed by atoms with E-state index in [0.717, 1.165) is 17.1 Å². The van der Waals surface area contributed by atoms with Crippen LogP contribution in [0.2, 0.25) is 0 Å². The smallest absolute Gasteiger partial charge is 0.320 e. The van der Waals surface area contributed by atoms with E-state index in [1.807, 2.05) is 12.3 Å². The van der Waals surface area contributed by atoms with Crippen molar-refractivity contribution in [3.8, 4) is 0 Å². The number of amides is 1. The molecule has 0 fully saturated rings. The zero-order valence-electron chi connectivity index (χ0n) is 12.0. The molecule has 0 aliphatic carbocycles. The van der Waals surface area contributed by atoms with Crippen LogP contribution in [0.1, 0.15) is 30.5 Å². The van der Waals surface area contributed by atoms with Gasteiger partial charge in [-0.25, -0.2) is 4.98 Å². The highest BCUT2D eigenvalue weighted by Crippen LogP contribution is 2.11. The molecular weight excluding hydrogens is 278 g/mol. The van der Waals surface area contributed by atoms with Crippen molar-refractivity contribution in [2.24, 2.45) is 0 Å². The predicted octanol–water partition coefficient (Wildman–Crippen LogP) is 1.12. The van der Waals surface area contributed by atoms with E-state index in [9.17, 15) is 9.59 Å². The molecule has 1 rings (SSSR count). The number of carboxylic acid groups (broad SMARTS) is 1. The molecule has 112 valence electrons. The Morgan fingerprint density at radius 2 is 2.20 bits per heavy atom. The standard InChI is InChI=1S/C13H21N3O3S/c1-4-5-10(13(18)19)14-7-9-8-20-11(15-9)6-12(17)16(2)3/h8,10,14H,4-7H2,1-3H3,(H,18,19). The van der Waals surface area contributed by atoms with Crippen molar-refractivity contribution in [1.29, 1.82) is 0 Å². The highest BCUT2D eigenvalue weighted by molar-refractivity contribution is 7.09. The normalized spacial score (nSPS) is 12.2. The van der Waals surface area contributed by atoms with E-state index in [0.29, 0.717) is 13.0 Å². The molecule has 7 heteroatoms. The van der Waals surface area contributed by atoms with Crippen LogP contribution >= 0.6 is 11.3 Å². The number of hydrogen-bond donors (Lipinski definition) is 2. The van der Waals surface area contributed by atoms with Crippen LogP contribution in [0.5, 0.6) is 0 Å². The van der Waals surface area contributed by atoms with Gasteiger partial charge in [-0.2, -0.15) is 0 Å². The molecule has 1 amide bonds. The van der Waals surface area contributed by atoms with Gasteiger partial charge in [0, 0.05) is 26.0 Å². The number of carboxylic acids is 1. The number of carbonyl (C=O) groups excluding carboxylic acids is 1. The summed E-state index contributed by atoms with van der Waals surface area (Å²) < 4.78 is 0. The molecule has 1 unspecified atom stereocenters. The molecule has 1 atom stereocenters. The number of aliphatic carboxylic acids is 1. The Morgan fingerprint density at radius 3 is 2.75 bits per heavy atom. The lowest BCUT2D eigenvalue weighted by Crippen LogP contribution is -2.36. The third-order valence-electron chi connectivity index (χ3n) is 2.81. The number of nitrogens with zero attached hydrogens (tertiary/aromatic N) is 2. The van der Waals surface area contributed by atoms with Crippen molar-refractivity contribution in [1.82, 2.24) is 15.2 Å². The zero-order chi connectivity index (χ0) is 15.1. The molecule has 6 nitrogen and oxygen atoms in total. The lowest BCUT2D eigenvalue weighted by atomic mass is 10.1. The molecule has 1 aromatic rings. The van der Waals surface area contributed by atoms with Crippen LogP contribution in [0.15, 0.2) is 5.38 Å². The molecule has 0 radical (unpaired) electrons. The molecular formula is C13H21N3O3S. The van der Waals surface area contributed by atoms with E-state index < -0.39 is 12.0 Å². The molecule has 20 heavy (non-hydrogen) atoms. The van der Waals surface area contributed by atoms with Crippen molar-refractivity contribution in [3.05, 3.63) is 16.1 Å². The Hall–Kier alpha value is -1.47. The summed E-state index contributed by atoms with van der Waals surface area (Å²) in [5, 5.41) is 14.6. The lowest BCUT2D eigenvalue weighted by molar-refractivity contribution is -0.139. The fourth-order valence-electron chi connectivity index (χ4n) is 1.63. The fourth-order valence-corrected chi connectivity index (χ4v) is 2.41. The van der Waals surface area contributed by atoms with E-state index >= 15 is 0 Å². The molecule has 1 aromatic heterocycles. The minimum Gasteiger partial charge on any atom is -0.480 e. The summed E-state index contributed by atoms with van der Waals surface area (Å²) in [6.07, 6.45) is 1.68. The number of thiazole rings is 1. The minimum absolute atomic E-state index is 0.00764. The average molecular weight is 299 g/mol. The number of nitrogens with one attached hydrogen (secondary N) is 1. The SMILES string of the molecule is CCCC(NCc1csc(CC(=O)N(C)C)n1)C(=O)O.